The molecule has 2 N–H and O–H groups in total. The standard InChI is InChI=1S/C23H30ClN5OS/c1-15-20-19(13-31-15)26-14-27-21(20)28-8-10-29(11-9-28)22(30)18(12-23(2,3)25)16-4-6-17(24)7-5-16/h4-7,14-15,18H,8-13,25H2,1-3H3/t15-,18-/m0/s1. The monoisotopic (exact) mass is 459 g/mol. The summed E-state index contributed by atoms with van der Waals surface area (Å²) in [6.45, 7) is 9.04. The normalized spacial score (nSPS) is 20.0. The molecule has 166 valence electrons. The van der Waals surface area contributed by atoms with Gasteiger partial charge >= 0.3 is 0 Å². The third kappa shape index (κ3) is 4.99. The fourth-order valence-electron chi connectivity index (χ4n) is 4.42. The van der Waals surface area contributed by atoms with Crippen molar-refractivity contribution in [2.45, 2.75) is 49.7 Å². The first-order chi connectivity index (χ1) is 14.7. The minimum Gasteiger partial charge on any atom is -0.353 e. The quantitative estimate of drug-likeness (QED) is 0.728. The molecule has 0 radical (unpaired) electrons. The molecular weight excluding hydrogens is 430 g/mol. The van der Waals surface area contributed by atoms with Crippen molar-refractivity contribution in [2.75, 3.05) is 31.1 Å². The molecule has 31 heavy (non-hydrogen) atoms. The van der Waals surface area contributed by atoms with Gasteiger partial charge < -0.3 is 15.5 Å². The molecule has 4 rings (SSSR count). The van der Waals surface area contributed by atoms with E-state index in [0.29, 0.717) is 29.8 Å². The van der Waals surface area contributed by atoms with Gasteiger partial charge in [0.15, 0.2) is 0 Å². The van der Waals surface area contributed by atoms with Gasteiger partial charge in [0.1, 0.15) is 12.1 Å². The molecule has 8 heteroatoms. The van der Waals surface area contributed by atoms with Crippen LogP contribution in [0.5, 0.6) is 0 Å². The molecule has 1 aromatic heterocycles. The number of hydrogen-bond donors (Lipinski definition) is 1. The summed E-state index contributed by atoms with van der Waals surface area (Å²) < 4.78 is 0. The predicted molar refractivity (Wildman–Crippen MR) is 128 cm³/mol. The lowest BCUT2D eigenvalue weighted by molar-refractivity contribution is -0.133. The van der Waals surface area contributed by atoms with Crippen molar-refractivity contribution in [1.82, 2.24) is 14.9 Å². The van der Waals surface area contributed by atoms with Gasteiger partial charge in [-0.3, -0.25) is 4.79 Å². The Morgan fingerprint density at radius 2 is 1.90 bits per heavy atom. The maximum atomic E-state index is 13.5. The molecule has 1 fully saturated rings. The topological polar surface area (TPSA) is 75.4 Å². The third-order valence-corrected chi connectivity index (χ3v) is 7.44. The molecule has 6 nitrogen and oxygen atoms in total. The van der Waals surface area contributed by atoms with E-state index in [0.717, 1.165) is 35.9 Å². The van der Waals surface area contributed by atoms with E-state index >= 15 is 0 Å². The van der Waals surface area contributed by atoms with Gasteiger partial charge in [0.25, 0.3) is 0 Å². The van der Waals surface area contributed by atoms with Crippen molar-refractivity contribution in [3.05, 3.63) is 52.4 Å². The van der Waals surface area contributed by atoms with Crippen LogP contribution in [0.25, 0.3) is 0 Å². The van der Waals surface area contributed by atoms with Crippen molar-refractivity contribution < 1.29 is 4.79 Å². The maximum Gasteiger partial charge on any atom is 0.230 e. The van der Waals surface area contributed by atoms with E-state index in [4.69, 9.17) is 17.3 Å². The van der Waals surface area contributed by atoms with Crippen LogP contribution in [0.3, 0.4) is 0 Å². The second kappa shape index (κ2) is 8.96. The maximum absolute atomic E-state index is 13.5. The number of carbonyl (C=O) groups is 1. The Bertz CT molecular complexity index is 938. The highest BCUT2D eigenvalue weighted by Gasteiger charge is 2.34. The van der Waals surface area contributed by atoms with Crippen molar-refractivity contribution in [3.63, 3.8) is 0 Å². The summed E-state index contributed by atoms with van der Waals surface area (Å²) in [7, 11) is 0. The molecular formula is C23H30ClN5OS. The van der Waals surface area contributed by atoms with Gasteiger partial charge in [-0.2, -0.15) is 0 Å². The number of rotatable bonds is 5. The summed E-state index contributed by atoms with van der Waals surface area (Å²) in [6.07, 6.45) is 2.26. The van der Waals surface area contributed by atoms with Crippen LogP contribution in [0, 0.1) is 0 Å². The van der Waals surface area contributed by atoms with E-state index in [1.807, 2.05) is 54.8 Å². The zero-order valence-electron chi connectivity index (χ0n) is 18.3. The predicted octanol–water partition coefficient (Wildman–Crippen LogP) is 4.00. The Morgan fingerprint density at radius 1 is 1.23 bits per heavy atom. The summed E-state index contributed by atoms with van der Waals surface area (Å²) in [5.41, 5.74) is 9.24. The number of halogens is 1. The number of anilines is 1. The zero-order chi connectivity index (χ0) is 22.2. The minimum atomic E-state index is -0.447. The average Bonchev–Trinajstić information content (AvgIpc) is 3.13. The lowest BCUT2D eigenvalue weighted by atomic mass is 9.85. The average molecular weight is 460 g/mol. The van der Waals surface area contributed by atoms with E-state index in [1.165, 1.54) is 5.56 Å². The van der Waals surface area contributed by atoms with Crippen LogP contribution in [0.15, 0.2) is 30.6 Å². The SMILES string of the molecule is C[C@@H]1SCc2ncnc(N3CCN(C(=O)[C@@H](CC(C)(C)N)c4ccc(Cl)cc4)CC3)c21. The fourth-order valence-corrected chi connectivity index (χ4v) is 5.59. The van der Waals surface area contributed by atoms with Crippen LogP contribution >= 0.6 is 23.4 Å². The second-order valence-corrected chi connectivity index (χ2v) is 10.9. The highest BCUT2D eigenvalue weighted by Crippen LogP contribution is 2.44. The van der Waals surface area contributed by atoms with Gasteiger partial charge in [-0.25, -0.2) is 9.97 Å². The van der Waals surface area contributed by atoms with Gasteiger partial charge in [0.2, 0.25) is 5.91 Å². The third-order valence-electron chi connectivity index (χ3n) is 6.01. The van der Waals surface area contributed by atoms with Gasteiger partial charge in [-0.15, -0.1) is 11.8 Å². The smallest absolute Gasteiger partial charge is 0.230 e. The van der Waals surface area contributed by atoms with Crippen LogP contribution in [0.4, 0.5) is 5.82 Å². The molecule has 1 saturated heterocycles. The number of amides is 1. The number of piperazine rings is 1. The number of aromatic nitrogens is 2. The van der Waals surface area contributed by atoms with Crippen molar-refractivity contribution in [2.24, 2.45) is 5.73 Å². The van der Waals surface area contributed by atoms with Gasteiger partial charge in [-0.1, -0.05) is 23.7 Å². The minimum absolute atomic E-state index is 0.136. The van der Waals surface area contributed by atoms with Crippen LogP contribution in [0.1, 0.15) is 55.2 Å². The Balaban J connectivity index is 1.49. The number of nitrogens with two attached hydrogens (primary N) is 1. The molecule has 1 amide bonds. The summed E-state index contributed by atoms with van der Waals surface area (Å²) >= 11 is 7.97. The van der Waals surface area contributed by atoms with Crippen LogP contribution in [-0.4, -0.2) is 52.5 Å². The summed E-state index contributed by atoms with van der Waals surface area (Å²) in [5.74, 6) is 1.84. The number of nitrogens with zero attached hydrogens (tertiary/aromatic N) is 4. The van der Waals surface area contributed by atoms with E-state index in [-0.39, 0.29) is 11.8 Å². The fraction of sp³-hybridized carbons (Fsp3) is 0.522. The Labute approximate surface area is 193 Å². The van der Waals surface area contributed by atoms with Crippen LogP contribution < -0.4 is 10.6 Å². The first-order valence-electron chi connectivity index (χ1n) is 10.8. The van der Waals surface area contributed by atoms with Crippen molar-refractivity contribution in [1.29, 1.82) is 0 Å². The van der Waals surface area contributed by atoms with Gasteiger partial charge in [-0.05, 0) is 44.9 Å². The molecule has 0 unspecified atom stereocenters. The molecule has 2 aliphatic heterocycles. The second-order valence-electron chi connectivity index (χ2n) is 9.12. The number of benzene rings is 1. The molecule has 2 aromatic rings. The van der Waals surface area contributed by atoms with E-state index in [9.17, 15) is 4.79 Å². The molecule has 0 spiro atoms. The molecule has 2 aliphatic rings. The van der Waals surface area contributed by atoms with E-state index < -0.39 is 5.54 Å². The van der Waals surface area contributed by atoms with E-state index in [1.54, 1.807) is 6.33 Å². The van der Waals surface area contributed by atoms with Crippen molar-refractivity contribution in [3.8, 4) is 0 Å². The Hall–Kier alpha value is -1.83. The number of hydrogen-bond acceptors (Lipinski definition) is 6. The lowest BCUT2D eigenvalue weighted by Crippen LogP contribution is -2.51. The number of fused-ring (bicyclic) bond motifs is 1. The van der Waals surface area contributed by atoms with Crippen LogP contribution in [-0.2, 0) is 10.5 Å². The van der Waals surface area contributed by atoms with Gasteiger partial charge in [0.05, 0.1) is 11.6 Å². The Morgan fingerprint density at radius 3 is 2.55 bits per heavy atom. The molecule has 3 heterocycles. The molecule has 0 aliphatic carbocycles. The molecule has 0 saturated carbocycles. The van der Waals surface area contributed by atoms with Gasteiger partial charge in [0, 0.05) is 53.3 Å². The highest BCUT2D eigenvalue weighted by atomic mass is 35.5. The first-order valence-corrected chi connectivity index (χ1v) is 12.2. The lowest BCUT2D eigenvalue weighted by Gasteiger charge is -2.38. The first kappa shape index (κ1) is 22.4. The highest BCUT2D eigenvalue weighted by molar-refractivity contribution is 7.99. The summed E-state index contributed by atoms with van der Waals surface area (Å²) in [5, 5.41) is 1.08. The molecule has 2 atom stereocenters. The zero-order valence-corrected chi connectivity index (χ0v) is 19.9. The largest absolute Gasteiger partial charge is 0.353 e. The summed E-state index contributed by atoms with van der Waals surface area (Å²) in [6, 6.07) is 7.56. The number of thioether (sulfide) groups is 1. The summed E-state index contributed by atoms with van der Waals surface area (Å²) in [4.78, 5) is 26.9. The van der Waals surface area contributed by atoms with Crippen molar-refractivity contribution >= 4 is 35.1 Å². The molecule has 1 aromatic carbocycles. The number of carbonyl (C=O) groups excluding carboxylic acids is 1. The molecule has 0 bridgehead atoms. The van der Waals surface area contributed by atoms with Crippen LogP contribution in [0.2, 0.25) is 5.02 Å². The Kier molecular flexibility index (Phi) is 6.47. The van der Waals surface area contributed by atoms with E-state index in [2.05, 4.69) is 21.8 Å².